The van der Waals surface area contributed by atoms with Crippen molar-refractivity contribution in [2.45, 2.75) is 0 Å². The van der Waals surface area contributed by atoms with Crippen molar-refractivity contribution >= 4 is 31.9 Å². The summed E-state index contributed by atoms with van der Waals surface area (Å²) in [4.78, 5) is 7.15. The summed E-state index contributed by atoms with van der Waals surface area (Å²) in [6.07, 6.45) is 0. The van der Waals surface area contributed by atoms with E-state index in [1.54, 1.807) is 0 Å². The van der Waals surface area contributed by atoms with E-state index in [2.05, 4.69) is 41.8 Å². The first kappa shape index (κ1) is 10.4. The smallest absolute Gasteiger partial charge is 0.173 e. The molecule has 1 aromatic carbocycles. The molecule has 0 unspecified atom stereocenters. The molecule has 0 atom stereocenters. The normalized spacial score (nSPS) is 9.93. The lowest BCUT2D eigenvalue weighted by Crippen LogP contribution is -1.79. The molecule has 0 fully saturated rings. The van der Waals surface area contributed by atoms with Crippen LogP contribution in [-0.2, 0) is 0 Å². The zero-order valence-corrected chi connectivity index (χ0v) is 10.6. The first-order valence-corrected chi connectivity index (χ1v) is 5.71. The fourth-order valence-electron chi connectivity index (χ4n) is 1.17. The van der Waals surface area contributed by atoms with E-state index < -0.39 is 0 Å². The first-order valence-electron chi connectivity index (χ1n) is 4.12. The molecule has 0 spiro atoms. The number of hydrogen-bond acceptors (Lipinski definition) is 2. The number of aromatic amines is 1. The Balaban J connectivity index is 2.46. The molecule has 0 bridgehead atoms. The Morgan fingerprint density at radius 3 is 2.40 bits per heavy atom. The molecule has 2 rings (SSSR count). The molecule has 0 amide bonds. The highest BCUT2D eigenvalue weighted by molar-refractivity contribution is 9.10. The van der Waals surface area contributed by atoms with Crippen molar-refractivity contribution < 1.29 is 0 Å². The average molecular weight is 327 g/mol. The second-order valence-corrected chi connectivity index (χ2v) is 4.58. The second kappa shape index (κ2) is 4.17. The predicted octanol–water partition coefficient (Wildman–Crippen LogP) is 3.47. The van der Waals surface area contributed by atoms with Gasteiger partial charge < -0.3 is 4.98 Å². The molecule has 0 aliphatic carbocycles. The van der Waals surface area contributed by atoms with E-state index in [4.69, 9.17) is 5.26 Å². The number of benzene rings is 1. The Morgan fingerprint density at radius 2 is 1.87 bits per heavy atom. The van der Waals surface area contributed by atoms with Gasteiger partial charge >= 0.3 is 0 Å². The Morgan fingerprint density at radius 1 is 1.20 bits per heavy atom. The number of nitrogens with one attached hydrogen (secondary N) is 1. The molecule has 74 valence electrons. The van der Waals surface area contributed by atoms with E-state index >= 15 is 0 Å². The molecule has 0 saturated heterocycles. The molecule has 0 aliphatic heterocycles. The van der Waals surface area contributed by atoms with Gasteiger partial charge in [-0.1, -0.05) is 28.1 Å². The topological polar surface area (TPSA) is 52.5 Å². The van der Waals surface area contributed by atoms with Crippen LogP contribution in [0.1, 0.15) is 5.69 Å². The molecule has 5 heteroatoms. The lowest BCUT2D eigenvalue weighted by atomic mass is 10.2. The van der Waals surface area contributed by atoms with Crippen molar-refractivity contribution in [3.63, 3.8) is 0 Å². The zero-order valence-electron chi connectivity index (χ0n) is 7.46. The van der Waals surface area contributed by atoms with E-state index in [9.17, 15) is 0 Å². The Bertz CT molecular complexity index is 523. The summed E-state index contributed by atoms with van der Waals surface area (Å²) < 4.78 is 1.63. The SMILES string of the molecule is N#Cc1nc(-c2ccc(Br)cc2)[nH]c1Br. The highest BCUT2D eigenvalue weighted by atomic mass is 79.9. The molecule has 1 heterocycles. The number of imidazole rings is 1. The predicted molar refractivity (Wildman–Crippen MR) is 64.1 cm³/mol. The van der Waals surface area contributed by atoms with E-state index in [1.165, 1.54) is 0 Å². The summed E-state index contributed by atoms with van der Waals surface area (Å²) in [6.45, 7) is 0. The Kier molecular flexibility index (Phi) is 2.89. The third-order valence-corrected chi connectivity index (χ3v) is 2.99. The minimum Gasteiger partial charge on any atom is -0.332 e. The maximum absolute atomic E-state index is 8.75. The molecular weight excluding hydrogens is 322 g/mol. The standard InChI is InChI=1S/C10H5Br2N3/c11-7-3-1-6(2-4-7)10-14-8(5-13)9(12)15-10/h1-4H,(H,14,15). The Labute approximate surface area is 103 Å². The number of nitrogens with zero attached hydrogens (tertiary/aromatic N) is 2. The van der Waals surface area contributed by atoms with E-state index in [-0.39, 0.29) is 0 Å². The van der Waals surface area contributed by atoms with Gasteiger partial charge in [0.2, 0.25) is 0 Å². The summed E-state index contributed by atoms with van der Waals surface area (Å²) in [6, 6.07) is 9.71. The molecule has 0 saturated carbocycles. The molecular formula is C10H5Br2N3. The fourth-order valence-corrected chi connectivity index (χ4v) is 1.80. The molecule has 1 N–H and O–H groups in total. The molecule has 0 radical (unpaired) electrons. The van der Waals surface area contributed by atoms with E-state index in [0.717, 1.165) is 10.0 Å². The summed E-state index contributed by atoms with van der Waals surface area (Å²) >= 11 is 6.60. The van der Waals surface area contributed by atoms with Crippen LogP contribution in [0.3, 0.4) is 0 Å². The number of hydrogen-bond donors (Lipinski definition) is 1. The maximum atomic E-state index is 8.75. The van der Waals surface area contributed by atoms with Gasteiger partial charge in [0, 0.05) is 10.0 Å². The molecule has 15 heavy (non-hydrogen) atoms. The summed E-state index contributed by atoms with van der Waals surface area (Å²) in [5.74, 6) is 0.686. The summed E-state index contributed by atoms with van der Waals surface area (Å²) in [7, 11) is 0. The summed E-state index contributed by atoms with van der Waals surface area (Å²) in [5.41, 5.74) is 1.31. The van der Waals surface area contributed by atoms with E-state index in [0.29, 0.717) is 16.1 Å². The largest absolute Gasteiger partial charge is 0.332 e. The van der Waals surface area contributed by atoms with Crippen molar-refractivity contribution in [1.29, 1.82) is 5.26 Å². The monoisotopic (exact) mass is 325 g/mol. The van der Waals surface area contributed by atoms with Crippen LogP contribution in [0.4, 0.5) is 0 Å². The van der Waals surface area contributed by atoms with Gasteiger partial charge in [0.1, 0.15) is 16.5 Å². The third-order valence-electron chi connectivity index (χ3n) is 1.88. The van der Waals surface area contributed by atoms with Gasteiger partial charge in [0.15, 0.2) is 5.69 Å². The van der Waals surface area contributed by atoms with Crippen molar-refractivity contribution in [3.8, 4) is 17.5 Å². The number of nitriles is 1. The molecule has 1 aromatic heterocycles. The first-order chi connectivity index (χ1) is 7.20. The van der Waals surface area contributed by atoms with Gasteiger partial charge in [-0.2, -0.15) is 5.26 Å². The molecule has 2 aromatic rings. The number of halogens is 2. The minimum absolute atomic E-state index is 0.368. The highest BCUT2D eigenvalue weighted by Gasteiger charge is 2.08. The average Bonchev–Trinajstić information content (AvgIpc) is 2.61. The van der Waals surface area contributed by atoms with Crippen LogP contribution in [0.2, 0.25) is 0 Å². The van der Waals surface area contributed by atoms with Crippen LogP contribution in [0, 0.1) is 11.3 Å². The van der Waals surface area contributed by atoms with E-state index in [1.807, 2.05) is 30.3 Å². The Hall–Kier alpha value is -1.12. The van der Waals surface area contributed by atoms with Crippen LogP contribution < -0.4 is 0 Å². The lowest BCUT2D eigenvalue weighted by Gasteiger charge is -1.95. The van der Waals surface area contributed by atoms with Crippen molar-refractivity contribution in [2.75, 3.05) is 0 Å². The van der Waals surface area contributed by atoms with Crippen LogP contribution in [0.25, 0.3) is 11.4 Å². The highest BCUT2D eigenvalue weighted by Crippen LogP contribution is 2.22. The zero-order chi connectivity index (χ0) is 10.8. The van der Waals surface area contributed by atoms with Crippen molar-refractivity contribution in [3.05, 3.63) is 39.0 Å². The number of H-pyrrole nitrogens is 1. The van der Waals surface area contributed by atoms with Crippen LogP contribution in [0.5, 0.6) is 0 Å². The summed E-state index contributed by atoms with van der Waals surface area (Å²) in [5, 5.41) is 8.75. The minimum atomic E-state index is 0.368. The van der Waals surface area contributed by atoms with Gasteiger partial charge in [-0.3, -0.25) is 0 Å². The van der Waals surface area contributed by atoms with Gasteiger partial charge in [0.25, 0.3) is 0 Å². The number of rotatable bonds is 1. The maximum Gasteiger partial charge on any atom is 0.173 e. The van der Waals surface area contributed by atoms with Gasteiger partial charge in [-0.15, -0.1) is 0 Å². The number of aromatic nitrogens is 2. The van der Waals surface area contributed by atoms with Crippen LogP contribution in [-0.4, -0.2) is 9.97 Å². The van der Waals surface area contributed by atoms with Crippen LogP contribution >= 0.6 is 31.9 Å². The fraction of sp³-hybridized carbons (Fsp3) is 0. The lowest BCUT2D eigenvalue weighted by molar-refractivity contribution is 1.29. The van der Waals surface area contributed by atoms with Gasteiger partial charge in [-0.25, -0.2) is 4.98 Å². The van der Waals surface area contributed by atoms with Crippen LogP contribution in [0.15, 0.2) is 33.3 Å². The van der Waals surface area contributed by atoms with Gasteiger partial charge in [0.05, 0.1) is 0 Å². The quantitative estimate of drug-likeness (QED) is 0.872. The van der Waals surface area contributed by atoms with Gasteiger partial charge in [-0.05, 0) is 28.1 Å². The van der Waals surface area contributed by atoms with Crippen molar-refractivity contribution in [1.82, 2.24) is 9.97 Å². The third kappa shape index (κ3) is 2.11. The van der Waals surface area contributed by atoms with Crippen molar-refractivity contribution in [2.24, 2.45) is 0 Å². The second-order valence-electron chi connectivity index (χ2n) is 2.87. The molecule has 3 nitrogen and oxygen atoms in total. The molecule has 0 aliphatic rings.